The zero-order valence-electron chi connectivity index (χ0n) is 10.4. The third kappa shape index (κ3) is 3.55. The minimum Gasteiger partial charge on any atom is -0.493 e. The van der Waals surface area contributed by atoms with E-state index >= 15 is 0 Å². The highest BCUT2D eigenvalue weighted by Crippen LogP contribution is 2.34. The monoisotopic (exact) mass is 330 g/mol. The second kappa shape index (κ2) is 5.50. The average molecular weight is 330 g/mol. The van der Waals surface area contributed by atoms with Gasteiger partial charge < -0.3 is 4.74 Å². The molecule has 1 aromatic carbocycles. The number of halogens is 2. The van der Waals surface area contributed by atoms with Crippen LogP contribution in [-0.2, 0) is 20.0 Å². The number of ether oxygens (including phenoxy) is 1. The summed E-state index contributed by atoms with van der Waals surface area (Å²) in [5.74, 6) is -4.13. The Kier molecular flexibility index (Phi) is 4.56. The van der Waals surface area contributed by atoms with Crippen LogP contribution in [0.5, 0.6) is 5.75 Å². The van der Waals surface area contributed by atoms with Crippen molar-refractivity contribution in [2.75, 3.05) is 11.8 Å². The van der Waals surface area contributed by atoms with E-state index in [0.29, 0.717) is 5.56 Å². The first-order chi connectivity index (χ1) is 8.99. The summed E-state index contributed by atoms with van der Waals surface area (Å²) in [4.78, 5) is -0.507. The quantitative estimate of drug-likeness (QED) is 0.821. The molecular formula is C9H12F2N2O5S2. The fourth-order valence-corrected chi connectivity index (χ4v) is 2.78. The lowest BCUT2D eigenvalue weighted by Gasteiger charge is -2.15. The Labute approximate surface area is 114 Å². The smallest absolute Gasteiger partial charge is 0.355 e. The lowest BCUT2D eigenvalue weighted by atomic mass is 10.2. The molecule has 0 aromatic heterocycles. The fourth-order valence-electron chi connectivity index (χ4n) is 1.44. The molecule has 0 aliphatic rings. The number of alkyl halides is 2. The molecule has 0 spiro atoms. The van der Waals surface area contributed by atoms with Crippen molar-refractivity contribution in [3.8, 4) is 5.75 Å². The van der Waals surface area contributed by atoms with Gasteiger partial charge in [-0.05, 0) is 24.6 Å². The number of methoxy groups -OCH3 is 1. The second-order valence-electron chi connectivity index (χ2n) is 3.80. The van der Waals surface area contributed by atoms with Gasteiger partial charge in [0.1, 0.15) is 4.90 Å². The first kappa shape index (κ1) is 16.6. The van der Waals surface area contributed by atoms with Crippen LogP contribution in [-0.4, -0.2) is 29.7 Å². The van der Waals surface area contributed by atoms with E-state index in [2.05, 4.69) is 0 Å². The molecule has 114 valence electrons. The second-order valence-corrected chi connectivity index (χ2v) is 6.98. The van der Waals surface area contributed by atoms with Gasteiger partial charge in [0.15, 0.2) is 5.75 Å². The molecule has 11 heteroatoms. The SMILES string of the molecule is COc1c(NS(=O)(=O)C(F)F)cc(C)cc1S(N)(=O)=O. The van der Waals surface area contributed by atoms with E-state index in [1.807, 2.05) is 0 Å². The van der Waals surface area contributed by atoms with Crippen molar-refractivity contribution >= 4 is 25.7 Å². The molecule has 0 saturated heterocycles. The Morgan fingerprint density at radius 3 is 2.20 bits per heavy atom. The summed E-state index contributed by atoms with van der Waals surface area (Å²) in [6.45, 7) is 1.44. The summed E-state index contributed by atoms with van der Waals surface area (Å²) in [6, 6.07) is 2.28. The Balaban J connectivity index is 3.53. The van der Waals surface area contributed by atoms with Crippen LogP contribution in [0.2, 0.25) is 0 Å². The van der Waals surface area contributed by atoms with Crippen molar-refractivity contribution in [3.05, 3.63) is 17.7 Å². The predicted molar refractivity (Wildman–Crippen MR) is 67.7 cm³/mol. The van der Waals surface area contributed by atoms with Crippen LogP contribution in [0, 0.1) is 6.92 Å². The molecule has 0 atom stereocenters. The van der Waals surface area contributed by atoms with Crippen molar-refractivity contribution in [1.82, 2.24) is 0 Å². The Bertz CT molecular complexity index is 716. The first-order valence-electron chi connectivity index (χ1n) is 5.00. The van der Waals surface area contributed by atoms with Crippen LogP contribution in [0.15, 0.2) is 17.0 Å². The van der Waals surface area contributed by atoms with Crippen molar-refractivity contribution in [2.45, 2.75) is 17.6 Å². The van der Waals surface area contributed by atoms with Gasteiger partial charge in [-0.2, -0.15) is 8.78 Å². The van der Waals surface area contributed by atoms with E-state index in [0.717, 1.165) is 19.2 Å². The van der Waals surface area contributed by atoms with E-state index < -0.39 is 42.1 Å². The number of nitrogens with two attached hydrogens (primary N) is 1. The van der Waals surface area contributed by atoms with Gasteiger partial charge in [0.25, 0.3) is 10.0 Å². The molecule has 20 heavy (non-hydrogen) atoms. The summed E-state index contributed by atoms with van der Waals surface area (Å²) >= 11 is 0. The largest absolute Gasteiger partial charge is 0.493 e. The molecule has 0 unspecified atom stereocenters. The van der Waals surface area contributed by atoms with E-state index in [9.17, 15) is 25.6 Å². The number of benzene rings is 1. The summed E-state index contributed by atoms with van der Waals surface area (Å²) in [6.07, 6.45) is 0. The Morgan fingerprint density at radius 2 is 1.80 bits per heavy atom. The van der Waals surface area contributed by atoms with E-state index in [1.165, 1.54) is 6.92 Å². The number of rotatable bonds is 5. The Morgan fingerprint density at radius 1 is 1.25 bits per heavy atom. The zero-order chi connectivity index (χ0) is 15.7. The minimum absolute atomic E-state index is 0.293. The third-order valence-corrected chi connectivity index (χ3v) is 4.09. The highest BCUT2D eigenvalue weighted by Gasteiger charge is 2.27. The van der Waals surface area contributed by atoms with Gasteiger partial charge in [-0.3, -0.25) is 4.72 Å². The molecule has 1 rings (SSSR count). The minimum atomic E-state index is -4.96. The standard InChI is InChI=1S/C9H12F2N2O5S2/c1-5-3-6(13-20(16,17)9(10)11)8(18-2)7(4-5)19(12,14)15/h3-4,9,13H,1-2H3,(H2,12,14,15). The van der Waals surface area contributed by atoms with E-state index in [1.54, 1.807) is 4.72 Å². The molecule has 3 N–H and O–H groups in total. The van der Waals surface area contributed by atoms with Gasteiger partial charge in [0, 0.05) is 0 Å². The summed E-state index contributed by atoms with van der Waals surface area (Å²) < 4.78 is 76.1. The van der Waals surface area contributed by atoms with Gasteiger partial charge in [-0.15, -0.1) is 0 Å². The molecule has 0 radical (unpaired) electrons. The highest BCUT2D eigenvalue weighted by molar-refractivity contribution is 7.93. The lowest BCUT2D eigenvalue weighted by molar-refractivity contribution is 0.236. The molecule has 0 aliphatic carbocycles. The van der Waals surface area contributed by atoms with Crippen LogP contribution in [0.3, 0.4) is 0 Å². The highest BCUT2D eigenvalue weighted by atomic mass is 32.2. The zero-order valence-corrected chi connectivity index (χ0v) is 12.1. The van der Waals surface area contributed by atoms with Crippen molar-refractivity contribution in [3.63, 3.8) is 0 Å². The average Bonchev–Trinajstić information content (AvgIpc) is 2.26. The number of primary sulfonamides is 1. The van der Waals surface area contributed by atoms with Crippen molar-refractivity contribution in [1.29, 1.82) is 0 Å². The van der Waals surface area contributed by atoms with Gasteiger partial charge in [0.05, 0.1) is 12.8 Å². The van der Waals surface area contributed by atoms with Crippen LogP contribution in [0.1, 0.15) is 5.56 Å². The molecule has 0 amide bonds. The number of nitrogens with one attached hydrogen (secondary N) is 1. The summed E-state index contributed by atoms with van der Waals surface area (Å²) in [5.41, 5.74) is -0.140. The predicted octanol–water partition coefficient (Wildman–Crippen LogP) is 0.615. The number of sulfonamides is 2. The molecule has 1 aromatic rings. The molecular weight excluding hydrogens is 318 g/mol. The maximum absolute atomic E-state index is 12.3. The Hall–Kier alpha value is -1.46. The van der Waals surface area contributed by atoms with E-state index in [-0.39, 0.29) is 0 Å². The van der Waals surface area contributed by atoms with Crippen LogP contribution in [0.25, 0.3) is 0 Å². The van der Waals surface area contributed by atoms with Crippen molar-refractivity contribution in [2.24, 2.45) is 5.14 Å². The maximum Gasteiger partial charge on any atom is 0.355 e. The first-order valence-corrected chi connectivity index (χ1v) is 8.09. The fraction of sp³-hybridized carbons (Fsp3) is 0.333. The summed E-state index contributed by atoms with van der Waals surface area (Å²) in [7, 11) is -8.12. The van der Waals surface area contributed by atoms with Gasteiger partial charge in [-0.1, -0.05) is 0 Å². The maximum atomic E-state index is 12.3. The number of aryl methyl sites for hydroxylation is 1. The molecule has 0 saturated carbocycles. The number of hydrogen-bond acceptors (Lipinski definition) is 5. The van der Waals surface area contributed by atoms with Crippen molar-refractivity contribution < 1.29 is 30.4 Å². The van der Waals surface area contributed by atoms with E-state index in [4.69, 9.17) is 9.88 Å². The van der Waals surface area contributed by atoms with Crippen LogP contribution < -0.4 is 14.6 Å². The van der Waals surface area contributed by atoms with Crippen LogP contribution >= 0.6 is 0 Å². The molecule has 0 fully saturated rings. The lowest BCUT2D eigenvalue weighted by Crippen LogP contribution is -2.22. The number of anilines is 1. The normalized spacial score (nSPS) is 12.5. The topological polar surface area (TPSA) is 116 Å². The third-order valence-electron chi connectivity index (χ3n) is 2.20. The van der Waals surface area contributed by atoms with Crippen LogP contribution in [0.4, 0.5) is 14.5 Å². The molecule has 0 aliphatic heterocycles. The molecule has 0 heterocycles. The molecule has 0 bridgehead atoms. The number of hydrogen-bond donors (Lipinski definition) is 2. The molecule has 7 nitrogen and oxygen atoms in total. The van der Waals surface area contributed by atoms with Gasteiger partial charge >= 0.3 is 5.76 Å². The summed E-state index contributed by atoms with van der Waals surface area (Å²) in [5, 5.41) is 4.96. The van der Waals surface area contributed by atoms with Gasteiger partial charge in [0.2, 0.25) is 10.0 Å². The van der Waals surface area contributed by atoms with Gasteiger partial charge in [-0.25, -0.2) is 22.0 Å².